The van der Waals surface area contributed by atoms with Gasteiger partial charge in [0.2, 0.25) is 5.91 Å². The van der Waals surface area contributed by atoms with Gasteiger partial charge in [-0.3, -0.25) is 9.59 Å². The van der Waals surface area contributed by atoms with Crippen LogP contribution in [0.15, 0.2) is 19.0 Å². The Morgan fingerprint density at radius 3 is 3.04 bits per heavy atom. The first-order valence-corrected chi connectivity index (χ1v) is 8.55. The molecule has 2 amide bonds. The molecule has 2 aromatic heterocycles. The molecule has 0 saturated carbocycles. The van der Waals surface area contributed by atoms with E-state index in [1.165, 1.54) is 17.7 Å². The van der Waals surface area contributed by atoms with Crippen LogP contribution in [-0.4, -0.2) is 45.8 Å². The molecule has 3 heterocycles. The summed E-state index contributed by atoms with van der Waals surface area (Å²) in [4.78, 5) is 35.9. The Kier molecular flexibility index (Phi) is 4.48. The smallest absolute Gasteiger partial charge is 0.264 e. The second-order valence-electron chi connectivity index (χ2n) is 5.69. The van der Waals surface area contributed by atoms with Crippen LogP contribution in [0.2, 0.25) is 0 Å². The Bertz CT molecular complexity index is 816. The molecule has 126 valence electrons. The van der Waals surface area contributed by atoms with Crippen molar-refractivity contribution in [1.82, 2.24) is 14.9 Å². The zero-order valence-electron chi connectivity index (χ0n) is 13.4. The van der Waals surface area contributed by atoms with Gasteiger partial charge < -0.3 is 16.0 Å². The van der Waals surface area contributed by atoms with E-state index in [1.807, 2.05) is 6.92 Å². The van der Waals surface area contributed by atoms with Gasteiger partial charge in [-0.1, -0.05) is 6.08 Å². The number of aryl methyl sites for hydroxylation is 1. The molecule has 8 heteroatoms. The fourth-order valence-electron chi connectivity index (χ4n) is 3.01. The Hall–Kier alpha value is -2.48. The number of anilines is 1. The zero-order chi connectivity index (χ0) is 17.3. The lowest BCUT2D eigenvalue weighted by atomic mass is 10.1. The van der Waals surface area contributed by atoms with Crippen molar-refractivity contribution in [2.45, 2.75) is 25.8 Å². The van der Waals surface area contributed by atoms with Gasteiger partial charge in [0.15, 0.2) is 0 Å². The summed E-state index contributed by atoms with van der Waals surface area (Å²) in [6.07, 6.45) is 4.62. The van der Waals surface area contributed by atoms with Gasteiger partial charge >= 0.3 is 0 Å². The van der Waals surface area contributed by atoms with Crippen LogP contribution >= 0.6 is 11.3 Å². The van der Waals surface area contributed by atoms with Crippen LogP contribution in [0.5, 0.6) is 0 Å². The Balaban J connectivity index is 2.01. The van der Waals surface area contributed by atoms with Gasteiger partial charge in [0.1, 0.15) is 23.0 Å². The number of likely N-dealkylation sites (tertiary alicyclic amines) is 1. The summed E-state index contributed by atoms with van der Waals surface area (Å²) in [7, 11) is 0. The number of carbonyl (C=O) groups is 2. The quantitative estimate of drug-likeness (QED) is 0.803. The summed E-state index contributed by atoms with van der Waals surface area (Å²) < 4.78 is 0. The van der Waals surface area contributed by atoms with Crippen molar-refractivity contribution in [1.29, 1.82) is 0 Å². The lowest BCUT2D eigenvalue weighted by Gasteiger charge is -2.21. The summed E-state index contributed by atoms with van der Waals surface area (Å²) in [6, 6.07) is -0.522. The first-order valence-electron chi connectivity index (χ1n) is 7.73. The van der Waals surface area contributed by atoms with Crippen molar-refractivity contribution in [3.05, 3.63) is 29.4 Å². The largest absolute Gasteiger partial charge is 0.368 e. The molecule has 1 fully saturated rings. The predicted molar refractivity (Wildman–Crippen MR) is 94.1 cm³/mol. The second kappa shape index (κ2) is 6.56. The van der Waals surface area contributed by atoms with E-state index in [0.717, 1.165) is 22.2 Å². The van der Waals surface area contributed by atoms with Crippen LogP contribution in [-0.2, 0) is 4.79 Å². The Morgan fingerprint density at radius 1 is 1.54 bits per heavy atom. The molecule has 0 bridgehead atoms. The maximum absolute atomic E-state index is 12.9. The van der Waals surface area contributed by atoms with E-state index in [4.69, 9.17) is 5.73 Å². The molecule has 0 spiro atoms. The highest BCUT2D eigenvalue weighted by atomic mass is 32.1. The molecule has 24 heavy (non-hydrogen) atoms. The molecule has 0 aliphatic carbocycles. The number of amides is 2. The highest BCUT2D eigenvalue weighted by molar-refractivity contribution is 7.20. The summed E-state index contributed by atoms with van der Waals surface area (Å²) in [5.41, 5.74) is 6.25. The molecule has 1 atom stereocenters. The van der Waals surface area contributed by atoms with Gasteiger partial charge in [0.05, 0.1) is 10.3 Å². The first-order chi connectivity index (χ1) is 11.5. The van der Waals surface area contributed by atoms with Gasteiger partial charge in [-0.15, -0.1) is 17.9 Å². The number of nitrogens with one attached hydrogen (secondary N) is 1. The highest BCUT2D eigenvalue weighted by Crippen LogP contribution is 2.35. The molecule has 0 aromatic carbocycles. The van der Waals surface area contributed by atoms with Crippen molar-refractivity contribution in [3.8, 4) is 0 Å². The maximum atomic E-state index is 12.9. The zero-order valence-corrected chi connectivity index (χ0v) is 14.2. The number of fused-ring (bicyclic) bond motifs is 1. The van der Waals surface area contributed by atoms with E-state index in [9.17, 15) is 9.59 Å². The van der Waals surface area contributed by atoms with Crippen LogP contribution < -0.4 is 11.1 Å². The van der Waals surface area contributed by atoms with Gasteiger partial charge in [0, 0.05) is 13.1 Å². The molecule has 0 radical (unpaired) electrons. The number of primary amides is 1. The van der Waals surface area contributed by atoms with Gasteiger partial charge in [-0.25, -0.2) is 9.97 Å². The minimum absolute atomic E-state index is 0.161. The van der Waals surface area contributed by atoms with Crippen molar-refractivity contribution in [2.75, 3.05) is 18.4 Å². The average Bonchev–Trinajstić information content (AvgIpc) is 3.18. The van der Waals surface area contributed by atoms with Gasteiger partial charge in [-0.2, -0.15) is 0 Å². The predicted octanol–water partition coefficient (Wildman–Crippen LogP) is 1.69. The molecule has 1 saturated heterocycles. The Morgan fingerprint density at radius 2 is 2.33 bits per heavy atom. The van der Waals surface area contributed by atoms with E-state index in [2.05, 4.69) is 21.9 Å². The number of rotatable bonds is 5. The molecule has 2 aromatic rings. The topological polar surface area (TPSA) is 101 Å². The minimum Gasteiger partial charge on any atom is -0.368 e. The molecule has 3 N–H and O–H groups in total. The van der Waals surface area contributed by atoms with Gasteiger partial charge in [-0.05, 0) is 25.3 Å². The summed E-state index contributed by atoms with van der Waals surface area (Å²) in [5.74, 6) is 0.0692. The number of hydrogen-bond donors (Lipinski definition) is 2. The van der Waals surface area contributed by atoms with Crippen molar-refractivity contribution in [3.63, 3.8) is 0 Å². The third-order valence-electron chi connectivity index (χ3n) is 4.18. The van der Waals surface area contributed by atoms with E-state index < -0.39 is 11.9 Å². The number of thiophene rings is 1. The monoisotopic (exact) mass is 345 g/mol. The number of nitrogens with zero attached hydrogens (tertiary/aromatic N) is 3. The fourth-order valence-corrected chi connectivity index (χ4v) is 4.12. The number of nitrogens with two attached hydrogens (primary N) is 1. The van der Waals surface area contributed by atoms with E-state index in [-0.39, 0.29) is 5.91 Å². The van der Waals surface area contributed by atoms with Crippen LogP contribution in [0.1, 0.15) is 28.1 Å². The normalized spacial score (nSPS) is 17.2. The third-order valence-corrected chi connectivity index (χ3v) is 5.36. The molecular formula is C16H19N5O2S. The fraction of sp³-hybridized carbons (Fsp3) is 0.375. The lowest BCUT2D eigenvalue weighted by Crippen LogP contribution is -2.43. The molecule has 3 rings (SSSR count). The molecule has 0 unspecified atom stereocenters. The Labute approximate surface area is 143 Å². The highest BCUT2D eigenvalue weighted by Gasteiger charge is 2.35. The third kappa shape index (κ3) is 2.73. The number of carbonyl (C=O) groups excluding carboxylic acids is 2. The van der Waals surface area contributed by atoms with Crippen molar-refractivity contribution in [2.24, 2.45) is 5.73 Å². The molecule has 1 aliphatic heterocycles. The summed E-state index contributed by atoms with van der Waals surface area (Å²) in [6.45, 7) is 6.68. The van der Waals surface area contributed by atoms with Crippen LogP contribution in [0.3, 0.4) is 0 Å². The molecule has 7 nitrogen and oxygen atoms in total. The average molecular weight is 345 g/mol. The standard InChI is InChI=1S/C16H19N5O2S/c1-3-6-18-14-11-9(2)12(24-15(11)20-8-19-14)16(23)21-7-4-5-10(21)13(17)22/h3,8,10H,1,4-7H2,2H3,(H2,17,22)(H,18,19,20)/t10-/m0/s1. The number of aromatic nitrogens is 2. The second-order valence-corrected chi connectivity index (χ2v) is 6.69. The van der Waals surface area contributed by atoms with Crippen LogP contribution in [0, 0.1) is 6.92 Å². The molecular weight excluding hydrogens is 326 g/mol. The summed E-state index contributed by atoms with van der Waals surface area (Å²) in [5, 5.41) is 4.00. The van der Waals surface area contributed by atoms with E-state index >= 15 is 0 Å². The van der Waals surface area contributed by atoms with E-state index in [1.54, 1.807) is 11.0 Å². The van der Waals surface area contributed by atoms with E-state index in [0.29, 0.717) is 30.2 Å². The van der Waals surface area contributed by atoms with Crippen LogP contribution in [0.4, 0.5) is 5.82 Å². The summed E-state index contributed by atoms with van der Waals surface area (Å²) >= 11 is 1.32. The first kappa shape index (κ1) is 16.4. The van der Waals surface area contributed by atoms with Crippen molar-refractivity contribution < 1.29 is 9.59 Å². The van der Waals surface area contributed by atoms with Crippen molar-refractivity contribution >= 4 is 39.2 Å². The maximum Gasteiger partial charge on any atom is 0.264 e. The SMILES string of the molecule is C=CCNc1ncnc2sc(C(=O)N3CCC[C@H]3C(N)=O)c(C)c12. The van der Waals surface area contributed by atoms with Gasteiger partial charge in [0.25, 0.3) is 5.91 Å². The van der Waals surface area contributed by atoms with Crippen LogP contribution in [0.25, 0.3) is 10.2 Å². The molecule has 1 aliphatic rings. The lowest BCUT2D eigenvalue weighted by molar-refractivity contribution is -0.121. The minimum atomic E-state index is -0.522. The number of hydrogen-bond acceptors (Lipinski definition) is 6.